The molecule has 1 atom stereocenters. The Hall–Kier alpha value is -1.74. The highest BCUT2D eigenvalue weighted by Gasteiger charge is 2.39. The average molecular weight is 408 g/mol. The van der Waals surface area contributed by atoms with Gasteiger partial charge in [-0.1, -0.05) is 12.8 Å². The molecule has 28 heavy (non-hydrogen) atoms. The second-order valence-corrected chi connectivity index (χ2v) is 10.3. The molecule has 0 bridgehead atoms. The zero-order chi connectivity index (χ0) is 19.6. The van der Waals surface area contributed by atoms with Crippen molar-refractivity contribution in [1.82, 2.24) is 19.8 Å². The predicted molar refractivity (Wildman–Crippen MR) is 107 cm³/mol. The maximum Gasteiger partial charge on any atom is 0.237 e. The molecule has 2 aliphatic heterocycles. The van der Waals surface area contributed by atoms with Gasteiger partial charge in [0, 0.05) is 50.7 Å². The molecule has 3 fully saturated rings. The van der Waals surface area contributed by atoms with E-state index in [9.17, 15) is 13.2 Å². The van der Waals surface area contributed by atoms with Crippen molar-refractivity contribution in [2.45, 2.75) is 44.2 Å². The molecule has 9 heteroatoms. The van der Waals surface area contributed by atoms with E-state index in [-0.39, 0.29) is 29.5 Å². The third-order valence-corrected chi connectivity index (χ3v) is 7.92. The summed E-state index contributed by atoms with van der Waals surface area (Å²) < 4.78 is 24.0. The SMILES string of the molecule is O=C(CN1CCN(c2ncccn2)CC1)N(C1CCCC1)[C@H]1CCS(=O)(=O)C1. The Bertz CT molecular complexity index is 774. The normalized spacial score (nSPS) is 25.9. The molecule has 0 aromatic carbocycles. The van der Waals surface area contributed by atoms with Crippen LogP contribution in [0.15, 0.2) is 18.5 Å². The van der Waals surface area contributed by atoms with Gasteiger partial charge in [0.25, 0.3) is 0 Å². The Kier molecular flexibility index (Phi) is 5.82. The molecule has 0 unspecified atom stereocenters. The van der Waals surface area contributed by atoms with Crippen molar-refractivity contribution in [2.24, 2.45) is 0 Å². The number of amides is 1. The van der Waals surface area contributed by atoms with Gasteiger partial charge in [0.05, 0.1) is 18.1 Å². The molecule has 1 aliphatic carbocycles. The van der Waals surface area contributed by atoms with Gasteiger partial charge in [0.1, 0.15) is 0 Å². The number of hydrogen-bond donors (Lipinski definition) is 0. The smallest absolute Gasteiger partial charge is 0.237 e. The van der Waals surface area contributed by atoms with Gasteiger partial charge in [0.2, 0.25) is 11.9 Å². The lowest BCUT2D eigenvalue weighted by molar-refractivity contribution is -0.137. The molecule has 0 radical (unpaired) electrons. The Balaban J connectivity index is 1.37. The molecule has 1 saturated carbocycles. The largest absolute Gasteiger partial charge is 0.338 e. The summed E-state index contributed by atoms with van der Waals surface area (Å²) in [6, 6.07) is 1.88. The second-order valence-electron chi connectivity index (χ2n) is 8.11. The molecule has 8 nitrogen and oxygen atoms in total. The van der Waals surface area contributed by atoms with Gasteiger partial charge >= 0.3 is 0 Å². The highest BCUT2D eigenvalue weighted by molar-refractivity contribution is 7.91. The highest BCUT2D eigenvalue weighted by Crippen LogP contribution is 2.29. The number of carbonyl (C=O) groups is 1. The van der Waals surface area contributed by atoms with E-state index in [1.54, 1.807) is 18.5 Å². The fourth-order valence-electron chi connectivity index (χ4n) is 4.72. The summed E-state index contributed by atoms with van der Waals surface area (Å²) in [4.78, 5) is 28.1. The molecule has 0 spiro atoms. The van der Waals surface area contributed by atoms with Crippen LogP contribution in [0.1, 0.15) is 32.1 Å². The Morgan fingerprint density at radius 2 is 1.71 bits per heavy atom. The second kappa shape index (κ2) is 8.32. The van der Waals surface area contributed by atoms with E-state index >= 15 is 0 Å². The van der Waals surface area contributed by atoms with Crippen molar-refractivity contribution in [3.8, 4) is 0 Å². The highest BCUT2D eigenvalue weighted by atomic mass is 32.2. The number of carbonyl (C=O) groups excluding carboxylic acids is 1. The van der Waals surface area contributed by atoms with Crippen molar-refractivity contribution < 1.29 is 13.2 Å². The molecule has 1 aromatic heterocycles. The quantitative estimate of drug-likeness (QED) is 0.705. The maximum absolute atomic E-state index is 13.2. The Labute approximate surface area is 166 Å². The van der Waals surface area contributed by atoms with Gasteiger partial charge < -0.3 is 9.80 Å². The van der Waals surface area contributed by atoms with E-state index in [0.29, 0.717) is 13.0 Å². The van der Waals surface area contributed by atoms with Crippen LogP contribution in [0.2, 0.25) is 0 Å². The fourth-order valence-corrected chi connectivity index (χ4v) is 6.43. The number of sulfone groups is 1. The topological polar surface area (TPSA) is 86.7 Å². The zero-order valence-electron chi connectivity index (χ0n) is 16.2. The zero-order valence-corrected chi connectivity index (χ0v) is 17.1. The number of hydrogen-bond acceptors (Lipinski definition) is 7. The Morgan fingerprint density at radius 3 is 2.32 bits per heavy atom. The van der Waals surface area contributed by atoms with Crippen LogP contribution in [0, 0.1) is 0 Å². The van der Waals surface area contributed by atoms with E-state index in [0.717, 1.165) is 57.8 Å². The number of nitrogens with zero attached hydrogens (tertiary/aromatic N) is 5. The van der Waals surface area contributed by atoms with Gasteiger partial charge in [-0.05, 0) is 25.3 Å². The molecule has 4 rings (SSSR count). The van der Waals surface area contributed by atoms with Crippen LogP contribution >= 0.6 is 0 Å². The summed E-state index contributed by atoms with van der Waals surface area (Å²) in [6.45, 7) is 3.52. The third kappa shape index (κ3) is 4.46. The first-order valence-corrected chi connectivity index (χ1v) is 12.1. The first kappa shape index (κ1) is 19.6. The first-order chi connectivity index (χ1) is 13.5. The monoisotopic (exact) mass is 407 g/mol. The third-order valence-electron chi connectivity index (χ3n) is 6.17. The maximum atomic E-state index is 13.2. The van der Waals surface area contributed by atoms with Crippen molar-refractivity contribution in [3.05, 3.63) is 18.5 Å². The predicted octanol–water partition coefficient (Wildman–Crippen LogP) is 0.557. The van der Waals surface area contributed by atoms with Gasteiger partial charge in [0.15, 0.2) is 9.84 Å². The van der Waals surface area contributed by atoms with Crippen LogP contribution in [0.4, 0.5) is 5.95 Å². The molecular formula is C19H29N5O3S. The molecule has 3 aliphatic rings. The lowest BCUT2D eigenvalue weighted by Crippen LogP contribution is -2.54. The number of rotatable bonds is 5. The molecule has 1 aromatic rings. The van der Waals surface area contributed by atoms with Crippen LogP contribution in [0.5, 0.6) is 0 Å². The summed E-state index contributed by atoms with van der Waals surface area (Å²) in [6.07, 6.45) is 8.33. The number of anilines is 1. The summed E-state index contributed by atoms with van der Waals surface area (Å²) in [5.74, 6) is 1.17. The van der Waals surface area contributed by atoms with Gasteiger partial charge in [-0.25, -0.2) is 18.4 Å². The van der Waals surface area contributed by atoms with Crippen molar-refractivity contribution in [1.29, 1.82) is 0 Å². The summed E-state index contributed by atoms with van der Waals surface area (Å²) >= 11 is 0. The summed E-state index contributed by atoms with van der Waals surface area (Å²) in [5.41, 5.74) is 0. The van der Waals surface area contributed by atoms with E-state index < -0.39 is 9.84 Å². The average Bonchev–Trinajstić information content (AvgIpc) is 3.33. The molecule has 154 valence electrons. The van der Waals surface area contributed by atoms with Crippen LogP contribution in [0.3, 0.4) is 0 Å². The van der Waals surface area contributed by atoms with Crippen molar-refractivity contribution in [3.63, 3.8) is 0 Å². The molecular weight excluding hydrogens is 378 g/mol. The minimum absolute atomic E-state index is 0.0958. The van der Waals surface area contributed by atoms with Gasteiger partial charge in [-0.2, -0.15) is 0 Å². The lowest BCUT2D eigenvalue weighted by Gasteiger charge is -2.38. The first-order valence-electron chi connectivity index (χ1n) is 10.3. The molecule has 3 heterocycles. The van der Waals surface area contributed by atoms with Crippen LogP contribution in [-0.2, 0) is 14.6 Å². The van der Waals surface area contributed by atoms with E-state index in [4.69, 9.17) is 0 Å². The summed E-state index contributed by atoms with van der Waals surface area (Å²) in [5, 5.41) is 0. The molecule has 1 amide bonds. The van der Waals surface area contributed by atoms with E-state index in [2.05, 4.69) is 19.8 Å². The number of piperazine rings is 1. The van der Waals surface area contributed by atoms with Gasteiger partial charge in [-0.15, -0.1) is 0 Å². The van der Waals surface area contributed by atoms with Crippen LogP contribution in [0.25, 0.3) is 0 Å². The van der Waals surface area contributed by atoms with Crippen LogP contribution in [-0.4, -0.2) is 90.4 Å². The minimum atomic E-state index is -3.00. The minimum Gasteiger partial charge on any atom is -0.338 e. The van der Waals surface area contributed by atoms with Crippen molar-refractivity contribution in [2.75, 3.05) is 49.1 Å². The fraction of sp³-hybridized carbons (Fsp3) is 0.737. The Morgan fingerprint density at radius 1 is 1.04 bits per heavy atom. The number of aromatic nitrogens is 2. The van der Waals surface area contributed by atoms with Crippen molar-refractivity contribution >= 4 is 21.7 Å². The standard InChI is InChI=1S/C19H29N5O3S/c25-18(14-22-9-11-23(12-10-22)19-20-7-3-8-21-19)24(16-4-1-2-5-16)17-6-13-28(26,27)15-17/h3,7-8,16-17H,1-2,4-6,9-15H2/t17-/m0/s1. The summed E-state index contributed by atoms with van der Waals surface area (Å²) in [7, 11) is -3.00. The van der Waals surface area contributed by atoms with Gasteiger partial charge in [-0.3, -0.25) is 9.69 Å². The lowest BCUT2D eigenvalue weighted by atomic mass is 10.1. The van der Waals surface area contributed by atoms with E-state index in [1.807, 2.05) is 4.90 Å². The van der Waals surface area contributed by atoms with E-state index in [1.165, 1.54) is 0 Å². The molecule has 0 N–H and O–H groups in total. The molecule has 2 saturated heterocycles. The van der Waals surface area contributed by atoms with Crippen LogP contribution < -0.4 is 4.90 Å².